The van der Waals surface area contributed by atoms with E-state index in [0.29, 0.717) is 28.3 Å². The summed E-state index contributed by atoms with van der Waals surface area (Å²) in [5.74, 6) is 0.361. The number of hydrogen-bond donors (Lipinski definition) is 3. The van der Waals surface area contributed by atoms with Crippen molar-refractivity contribution in [3.05, 3.63) is 17.5 Å². The molecule has 0 atom stereocenters. The zero-order chi connectivity index (χ0) is 14.8. The summed E-state index contributed by atoms with van der Waals surface area (Å²) in [7, 11) is 1.56. The molecule has 0 radical (unpaired) electrons. The van der Waals surface area contributed by atoms with E-state index in [1.807, 2.05) is 0 Å². The highest BCUT2D eigenvalue weighted by atomic mass is 32.1. The Morgan fingerprint density at radius 2 is 2.30 bits per heavy atom. The van der Waals surface area contributed by atoms with Gasteiger partial charge < -0.3 is 21.1 Å². The molecule has 0 aromatic carbocycles. The fourth-order valence-corrected chi connectivity index (χ4v) is 2.85. The Hall–Kier alpha value is -1.69. The highest BCUT2D eigenvalue weighted by Crippen LogP contribution is 2.47. The first-order valence-electron chi connectivity index (χ1n) is 6.60. The minimum absolute atomic E-state index is 0.198. The van der Waals surface area contributed by atoms with Crippen molar-refractivity contribution in [3.63, 3.8) is 0 Å². The summed E-state index contributed by atoms with van der Waals surface area (Å²) in [6.45, 7) is 7.10. The van der Waals surface area contributed by atoms with Crippen LogP contribution in [0.2, 0.25) is 0 Å². The van der Waals surface area contributed by atoms with Gasteiger partial charge in [-0.1, -0.05) is 13.0 Å². The lowest BCUT2D eigenvalue weighted by molar-refractivity contribution is 0.0962. The average molecular weight is 295 g/mol. The molecular weight excluding hydrogens is 274 g/mol. The molecular formula is C14H21N3O2S. The van der Waals surface area contributed by atoms with Crippen LogP contribution in [0.1, 0.15) is 29.4 Å². The maximum atomic E-state index is 12.0. The summed E-state index contributed by atoms with van der Waals surface area (Å²) in [5, 5.41) is 6.90. The number of rotatable bonds is 7. The number of amides is 1. The molecule has 0 bridgehead atoms. The van der Waals surface area contributed by atoms with Gasteiger partial charge in [0.05, 0.1) is 7.11 Å². The molecule has 0 unspecified atom stereocenters. The van der Waals surface area contributed by atoms with Crippen LogP contribution in [0.5, 0.6) is 5.75 Å². The normalized spacial score (nSPS) is 15.5. The van der Waals surface area contributed by atoms with E-state index >= 15 is 0 Å². The molecule has 1 aliphatic carbocycles. The third kappa shape index (κ3) is 3.07. The first-order valence-corrected chi connectivity index (χ1v) is 7.41. The van der Waals surface area contributed by atoms with Gasteiger partial charge in [-0.15, -0.1) is 17.9 Å². The summed E-state index contributed by atoms with van der Waals surface area (Å²) >= 11 is 1.33. The summed E-state index contributed by atoms with van der Waals surface area (Å²) in [5.41, 5.74) is 6.76. The van der Waals surface area contributed by atoms with Gasteiger partial charge >= 0.3 is 0 Å². The summed E-state index contributed by atoms with van der Waals surface area (Å²) in [4.78, 5) is 12.5. The van der Waals surface area contributed by atoms with E-state index in [0.717, 1.165) is 11.5 Å². The molecule has 1 heterocycles. The number of carbonyl (C=O) groups is 1. The van der Waals surface area contributed by atoms with E-state index in [9.17, 15) is 4.79 Å². The predicted octanol–water partition coefficient (Wildman–Crippen LogP) is 2.47. The monoisotopic (exact) mass is 295 g/mol. The average Bonchev–Trinajstić information content (AvgIpc) is 3.07. The second-order valence-electron chi connectivity index (χ2n) is 5.37. The molecule has 1 amide bonds. The zero-order valence-electron chi connectivity index (χ0n) is 11.9. The number of nitrogen functional groups attached to an aromatic ring is 1. The topological polar surface area (TPSA) is 76.4 Å². The Morgan fingerprint density at radius 1 is 1.60 bits per heavy atom. The van der Waals surface area contributed by atoms with Gasteiger partial charge in [0.2, 0.25) is 0 Å². The van der Waals surface area contributed by atoms with E-state index < -0.39 is 0 Å². The molecule has 1 aromatic rings. The number of nitrogens with one attached hydrogen (secondary N) is 2. The maximum Gasteiger partial charge on any atom is 0.263 e. The molecule has 1 fully saturated rings. The van der Waals surface area contributed by atoms with E-state index in [1.54, 1.807) is 13.2 Å². The molecule has 4 N–H and O–H groups in total. The Bertz CT molecular complexity index is 521. The Morgan fingerprint density at radius 3 is 2.85 bits per heavy atom. The van der Waals surface area contributed by atoms with Crippen LogP contribution in [-0.4, -0.2) is 26.1 Å². The van der Waals surface area contributed by atoms with Gasteiger partial charge in [-0.2, -0.15) is 0 Å². The van der Waals surface area contributed by atoms with Crippen molar-refractivity contribution in [3.8, 4) is 5.75 Å². The van der Waals surface area contributed by atoms with Gasteiger partial charge in [0, 0.05) is 13.1 Å². The summed E-state index contributed by atoms with van der Waals surface area (Å²) in [6.07, 6.45) is 4.09. The van der Waals surface area contributed by atoms with Crippen LogP contribution in [0.4, 0.5) is 10.7 Å². The third-order valence-corrected chi connectivity index (χ3v) is 4.64. The molecule has 6 heteroatoms. The molecule has 110 valence electrons. The van der Waals surface area contributed by atoms with Crippen LogP contribution < -0.4 is 21.1 Å². The van der Waals surface area contributed by atoms with E-state index in [4.69, 9.17) is 10.5 Å². The number of nitrogens with two attached hydrogens (primary N) is 1. The molecule has 2 rings (SSSR count). The van der Waals surface area contributed by atoms with Crippen molar-refractivity contribution >= 4 is 27.9 Å². The minimum Gasteiger partial charge on any atom is -0.492 e. The number of anilines is 2. The van der Waals surface area contributed by atoms with E-state index in [2.05, 4.69) is 24.1 Å². The lowest BCUT2D eigenvalue weighted by Crippen LogP contribution is -2.23. The van der Waals surface area contributed by atoms with Crippen LogP contribution in [0.15, 0.2) is 12.7 Å². The van der Waals surface area contributed by atoms with Crippen molar-refractivity contribution in [1.82, 2.24) is 5.32 Å². The molecule has 0 spiro atoms. The van der Waals surface area contributed by atoms with Crippen LogP contribution in [0.3, 0.4) is 0 Å². The van der Waals surface area contributed by atoms with Crippen LogP contribution in [0, 0.1) is 5.41 Å². The van der Waals surface area contributed by atoms with Gasteiger partial charge in [-0.25, -0.2) is 0 Å². The summed E-state index contributed by atoms with van der Waals surface area (Å²) < 4.78 is 5.32. The highest BCUT2D eigenvalue weighted by Gasteiger charge is 2.37. The van der Waals surface area contributed by atoms with Crippen molar-refractivity contribution in [1.29, 1.82) is 0 Å². The smallest absolute Gasteiger partial charge is 0.263 e. The van der Waals surface area contributed by atoms with Crippen molar-refractivity contribution in [2.45, 2.75) is 19.8 Å². The Labute approximate surface area is 123 Å². The van der Waals surface area contributed by atoms with Crippen molar-refractivity contribution in [2.24, 2.45) is 5.41 Å². The fraction of sp³-hybridized carbons (Fsp3) is 0.500. The van der Waals surface area contributed by atoms with Crippen LogP contribution >= 0.6 is 11.3 Å². The van der Waals surface area contributed by atoms with E-state index in [1.165, 1.54) is 24.2 Å². The quantitative estimate of drug-likeness (QED) is 0.675. The minimum atomic E-state index is -0.198. The first kappa shape index (κ1) is 14.7. The molecule has 0 aliphatic heterocycles. The number of hydrogen-bond acceptors (Lipinski definition) is 5. The Balaban J connectivity index is 2.14. The highest BCUT2D eigenvalue weighted by molar-refractivity contribution is 7.19. The van der Waals surface area contributed by atoms with E-state index in [-0.39, 0.29) is 5.91 Å². The second kappa shape index (κ2) is 5.75. The fourth-order valence-electron chi connectivity index (χ4n) is 1.85. The molecule has 20 heavy (non-hydrogen) atoms. The van der Waals surface area contributed by atoms with Crippen molar-refractivity contribution < 1.29 is 9.53 Å². The number of methoxy groups -OCH3 is 1. The molecule has 1 aliphatic rings. The number of thiophene rings is 1. The number of carbonyl (C=O) groups excluding carboxylic acids is 1. The largest absolute Gasteiger partial charge is 0.492 e. The summed E-state index contributed by atoms with van der Waals surface area (Å²) in [6, 6.07) is 0. The Kier molecular flexibility index (Phi) is 4.23. The first-order chi connectivity index (χ1) is 9.50. The maximum absolute atomic E-state index is 12.0. The lowest BCUT2D eigenvalue weighted by Gasteiger charge is -2.11. The SMILES string of the molecule is C=CCNC(=O)c1sc(NCC2(C)CC2)c(OC)c1N. The van der Waals surface area contributed by atoms with Crippen molar-refractivity contribution in [2.75, 3.05) is 31.2 Å². The van der Waals surface area contributed by atoms with Crippen LogP contribution in [-0.2, 0) is 0 Å². The second-order valence-corrected chi connectivity index (χ2v) is 6.39. The molecule has 1 saturated carbocycles. The third-order valence-electron chi connectivity index (χ3n) is 3.50. The zero-order valence-corrected chi connectivity index (χ0v) is 12.7. The van der Waals surface area contributed by atoms with Gasteiger partial charge in [0.15, 0.2) is 5.75 Å². The van der Waals surface area contributed by atoms with Gasteiger partial charge in [0.25, 0.3) is 5.91 Å². The number of ether oxygens (including phenoxy) is 1. The lowest BCUT2D eigenvalue weighted by atomic mass is 10.1. The molecule has 0 saturated heterocycles. The van der Waals surface area contributed by atoms with Gasteiger partial charge in [-0.05, 0) is 18.3 Å². The predicted molar refractivity (Wildman–Crippen MR) is 83.6 cm³/mol. The van der Waals surface area contributed by atoms with Gasteiger partial charge in [-0.3, -0.25) is 4.79 Å². The molecule has 1 aromatic heterocycles. The standard InChI is InChI=1S/C14H21N3O2S/c1-4-7-16-12(18)11-9(15)10(19-3)13(20-11)17-8-14(2)5-6-14/h4,17H,1,5-8,15H2,2-3H3,(H,16,18). The van der Waals surface area contributed by atoms with Gasteiger partial charge in [0.1, 0.15) is 15.6 Å². The molecule has 5 nitrogen and oxygen atoms in total. The van der Waals surface area contributed by atoms with Crippen LogP contribution in [0.25, 0.3) is 0 Å².